The molecule has 3 nitrogen and oxygen atoms in total. The van der Waals surface area contributed by atoms with Gasteiger partial charge in [-0.25, -0.2) is 4.79 Å². The Hall–Kier alpha value is -2.55. The quantitative estimate of drug-likeness (QED) is 0.659. The fourth-order valence-electron chi connectivity index (χ4n) is 3.93. The maximum Gasteiger partial charge on any atom is 0.338 e. The van der Waals surface area contributed by atoms with Crippen LogP contribution < -0.4 is 5.32 Å². The molecule has 0 amide bonds. The molecule has 0 saturated heterocycles. The fraction of sp³-hybridized carbons (Fsp3) is 0.286. The van der Waals surface area contributed by atoms with Crippen molar-refractivity contribution in [3.8, 4) is 0 Å². The minimum absolute atomic E-state index is 0.246. The van der Waals surface area contributed by atoms with Gasteiger partial charge in [-0.2, -0.15) is 0 Å². The molecule has 3 atom stereocenters. The summed E-state index contributed by atoms with van der Waals surface area (Å²) in [4.78, 5) is 12.0. The fourth-order valence-corrected chi connectivity index (χ4v) is 3.93. The Morgan fingerprint density at radius 3 is 2.83 bits per heavy atom. The molecule has 1 N–H and O–H groups in total. The van der Waals surface area contributed by atoms with Crippen LogP contribution in [-0.2, 0) is 4.74 Å². The van der Waals surface area contributed by atoms with E-state index < -0.39 is 0 Å². The van der Waals surface area contributed by atoms with Crippen molar-refractivity contribution in [2.24, 2.45) is 5.92 Å². The third kappa shape index (κ3) is 2.50. The molecule has 1 aliphatic heterocycles. The van der Waals surface area contributed by atoms with Crippen molar-refractivity contribution in [1.29, 1.82) is 0 Å². The number of ether oxygens (including phenoxy) is 1. The lowest BCUT2D eigenvalue weighted by Crippen LogP contribution is -2.29. The topological polar surface area (TPSA) is 38.3 Å². The second-order valence-electron chi connectivity index (χ2n) is 6.41. The summed E-state index contributed by atoms with van der Waals surface area (Å²) in [7, 11) is 0. The summed E-state index contributed by atoms with van der Waals surface area (Å²) in [5.41, 5.74) is 4.27. The first-order chi connectivity index (χ1) is 11.8. The van der Waals surface area contributed by atoms with Crippen molar-refractivity contribution in [3.63, 3.8) is 0 Å². The van der Waals surface area contributed by atoms with Crippen molar-refractivity contribution in [2.45, 2.75) is 25.3 Å². The molecule has 24 heavy (non-hydrogen) atoms. The van der Waals surface area contributed by atoms with Crippen molar-refractivity contribution in [3.05, 3.63) is 77.4 Å². The molecule has 1 aliphatic carbocycles. The van der Waals surface area contributed by atoms with Crippen LogP contribution in [0.25, 0.3) is 0 Å². The lowest BCUT2D eigenvalue weighted by molar-refractivity contribution is 0.0526. The SMILES string of the molecule is CCOC(=O)c1ccc2c(c1)[C@H]1C=CC[C@H]1[C@@H](c1ccccc1)N2. The van der Waals surface area contributed by atoms with Crippen LogP contribution in [0.2, 0.25) is 0 Å². The lowest BCUT2D eigenvalue weighted by Gasteiger charge is -2.37. The first-order valence-corrected chi connectivity index (χ1v) is 8.57. The lowest BCUT2D eigenvalue weighted by atomic mass is 9.76. The first-order valence-electron chi connectivity index (χ1n) is 8.57. The van der Waals surface area contributed by atoms with Gasteiger partial charge in [-0.15, -0.1) is 0 Å². The van der Waals surface area contributed by atoms with E-state index in [1.165, 1.54) is 11.1 Å². The summed E-state index contributed by atoms with van der Waals surface area (Å²) < 4.78 is 5.14. The highest BCUT2D eigenvalue weighted by molar-refractivity contribution is 5.90. The van der Waals surface area contributed by atoms with Gasteiger partial charge >= 0.3 is 5.97 Å². The Balaban J connectivity index is 1.72. The summed E-state index contributed by atoms with van der Waals surface area (Å²) >= 11 is 0. The molecule has 0 unspecified atom stereocenters. The van der Waals surface area contributed by atoms with Crippen molar-refractivity contribution in [2.75, 3.05) is 11.9 Å². The normalized spacial score (nSPS) is 24.0. The van der Waals surface area contributed by atoms with Gasteiger partial charge in [-0.1, -0.05) is 42.5 Å². The van der Waals surface area contributed by atoms with Crippen LogP contribution in [-0.4, -0.2) is 12.6 Å². The summed E-state index contributed by atoms with van der Waals surface area (Å²) in [6, 6.07) is 16.8. The Kier molecular flexibility index (Phi) is 3.85. The molecule has 0 spiro atoms. The second-order valence-corrected chi connectivity index (χ2v) is 6.41. The standard InChI is InChI=1S/C21H21NO2/c1-2-24-21(23)15-11-12-19-18(13-15)16-9-6-10-17(16)20(22-19)14-7-4-3-5-8-14/h3-9,11-13,16-17,20,22H,2,10H2,1H3/t16-,17+,20+/m0/s1. The van der Waals surface area contributed by atoms with Gasteiger partial charge in [0.15, 0.2) is 0 Å². The van der Waals surface area contributed by atoms with E-state index in [0.717, 1.165) is 12.1 Å². The first kappa shape index (κ1) is 15.0. The second kappa shape index (κ2) is 6.16. The van der Waals surface area contributed by atoms with Crippen LogP contribution in [0.1, 0.15) is 46.8 Å². The molecule has 0 saturated carbocycles. The van der Waals surface area contributed by atoms with Crippen LogP contribution in [0.15, 0.2) is 60.7 Å². The maximum atomic E-state index is 12.0. The molecule has 0 aromatic heterocycles. The van der Waals surface area contributed by atoms with Gasteiger partial charge in [0.2, 0.25) is 0 Å². The molecular formula is C21H21NO2. The van der Waals surface area contributed by atoms with Gasteiger partial charge in [0, 0.05) is 11.6 Å². The number of carbonyl (C=O) groups is 1. The predicted octanol–water partition coefficient (Wildman–Crippen LogP) is 4.69. The molecule has 2 aliphatic rings. The summed E-state index contributed by atoms with van der Waals surface area (Å²) in [6.07, 6.45) is 5.61. The number of rotatable bonds is 3. The summed E-state index contributed by atoms with van der Waals surface area (Å²) in [5.74, 6) is 0.585. The zero-order chi connectivity index (χ0) is 16.5. The molecule has 0 bridgehead atoms. The number of carbonyl (C=O) groups excluding carboxylic acids is 1. The van der Waals surface area contributed by atoms with E-state index in [2.05, 4.69) is 47.8 Å². The van der Waals surface area contributed by atoms with Gasteiger partial charge in [0.25, 0.3) is 0 Å². The van der Waals surface area contributed by atoms with Gasteiger partial charge in [0.05, 0.1) is 18.2 Å². The van der Waals surface area contributed by atoms with E-state index in [4.69, 9.17) is 4.74 Å². The Labute approximate surface area is 142 Å². The van der Waals surface area contributed by atoms with E-state index in [9.17, 15) is 4.79 Å². The number of hydrogen-bond acceptors (Lipinski definition) is 3. The molecular weight excluding hydrogens is 298 g/mol. The number of allylic oxidation sites excluding steroid dienone is 2. The van der Waals surface area contributed by atoms with Crippen molar-refractivity contribution in [1.82, 2.24) is 0 Å². The number of benzene rings is 2. The van der Waals surface area contributed by atoms with Gasteiger partial charge < -0.3 is 10.1 Å². The van der Waals surface area contributed by atoms with Crippen LogP contribution in [0.5, 0.6) is 0 Å². The minimum atomic E-state index is -0.246. The smallest absolute Gasteiger partial charge is 0.338 e. The molecule has 1 heterocycles. The van der Waals surface area contributed by atoms with Crippen LogP contribution in [0.4, 0.5) is 5.69 Å². The number of esters is 1. The monoisotopic (exact) mass is 319 g/mol. The molecule has 2 aromatic rings. The highest BCUT2D eigenvalue weighted by atomic mass is 16.5. The van der Waals surface area contributed by atoms with E-state index in [0.29, 0.717) is 30.0 Å². The highest BCUT2D eigenvalue weighted by Gasteiger charge is 2.38. The average Bonchev–Trinajstić information content (AvgIpc) is 3.11. The van der Waals surface area contributed by atoms with Crippen molar-refractivity contribution < 1.29 is 9.53 Å². The Morgan fingerprint density at radius 2 is 2.04 bits per heavy atom. The number of anilines is 1. The molecule has 4 rings (SSSR count). The van der Waals surface area contributed by atoms with E-state index in [1.54, 1.807) is 0 Å². The highest BCUT2D eigenvalue weighted by Crippen LogP contribution is 2.49. The predicted molar refractivity (Wildman–Crippen MR) is 95.2 cm³/mol. The third-order valence-corrected chi connectivity index (χ3v) is 5.03. The Bertz CT molecular complexity index is 782. The van der Waals surface area contributed by atoms with Gasteiger partial charge in [-0.3, -0.25) is 0 Å². The molecule has 2 aromatic carbocycles. The molecule has 0 radical (unpaired) electrons. The average molecular weight is 319 g/mol. The zero-order valence-corrected chi connectivity index (χ0v) is 13.7. The number of fused-ring (bicyclic) bond motifs is 3. The minimum Gasteiger partial charge on any atom is -0.462 e. The summed E-state index contributed by atoms with van der Waals surface area (Å²) in [6.45, 7) is 2.23. The molecule has 0 fully saturated rings. The van der Waals surface area contributed by atoms with Crippen LogP contribution in [0.3, 0.4) is 0 Å². The number of nitrogens with one attached hydrogen (secondary N) is 1. The Morgan fingerprint density at radius 1 is 1.21 bits per heavy atom. The van der Waals surface area contributed by atoms with E-state index in [1.807, 2.05) is 25.1 Å². The number of hydrogen-bond donors (Lipinski definition) is 1. The largest absolute Gasteiger partial charge is 0.462 e. The zero-order valence-electron chi connectivity index (χ0n) is 13.7. The molecule has 122 valence electrons. The summed E-state index contributed by atoms with van der Waals surface area (Å²) in [5, 5.41) is 3.69. The van der Waals surface area contributed by atoms with Crippen LogP contribution >= 0.6 is 0 Å². The van der Waals surface area contributed by atoms with E-state index in [-0.39, 0.29) is 5.97 Å². The third-order valence-electron chi connectivity index (χ3n) is 5.03. The van der Waals surface area contributed by atoms with Gasteiger partial charge in [0.1, 0.15) is 0 Å². The molecule has 3 heteroatoms. The van der Waals surface area contributed by atoms with Crippen LogP contribution in [0, 0.1) is 5.92 Å². The van der Waals surface area contributed by atoms with Gasteiger partial charge in [-0.05, 0) is 48.6 Å². The van der Waals surface area contributed by atoms with Crippen molar-refractivity contribution >= 4 is 11.7 Å². The van der Waals surface area contributed by atoms with E-state index >= 15 is 0 Å². The maximum absolute atomic E-state index is 12.0.